The number of likely N-dealkylation sites (N-methyl/N-ethyl adjacent to an activating group) is 2. The number of hydrogen-bond donors (Lipinski definition) is 1. The number of hydrogen-bond acceptors (Lipinski definition) is 3. The Balaban J connectivity index is 2.45. The van der Waals surface area contributed by atoms with Gasteiger partial charge in [0.15, 0.2) is 0 Å². The molecule has 1 atom stereocenters. The number of piperidine rings is 1. The fourth-order valence-corrected chi connectivity index (χ4v) is 2.40. The summed E-state index contributed by atoms with van der Waals surface area (Å²) >= 11 is 0. The summed E-state index contributed by atoms with van der Waals surface area (Å²) < 4.78 is 0. The van der Waals surface area contributed by atoms with Gasteiger partial charge in [-0.15, -0.1) is 0 Å². The Hall–Kier alpha value is -0.610. The molecule has 1 aliphatic rings. The molecule has 0 bridgehead atoms. The highest BCUT2D eigenvalue weighted by molar-refractivity contribution is 5.81. The van der Waals surface area contributed by atoms with Crippen LogP contribution < -0.4 is 5.32 Å². The zero-order chi connectivity index (χ0) is 13.0. The third-order valence-corrected chi connectivity index (χ3v) is 3.93. The molecule has 1 unspecified atom stereocenters. The lowest BCUT2D eigenvalue weighted by atomic mass is 10.0. The second kappa shape index (κ2) is 6.36. The van der Waals surface area contributed by atoms with Gasteiger partial charge in [-0.05, 0) is 40.7 Å². The lowest BCUT2D eigenvalue weighted by molar-refractivity contribution is -0.134. The van der Waals surface area contributed by atoms with Crippen LogP contribution >= 0.6 is 0 Å². The van der Waals surface area contributed by atoms with Crippen molar-refractivity contribution in [1.29, 1.82) is 0 Å². The van der Waals surface area contributed by atoms with Gasteiger partial charge < -0.3 is 15.1 Å². The first-order valence-electron chi connectivity index (χ1n) is 6.65. The van der Waals surface area contributed by atoms with E-state index in [4.69, 9.17) is 0 Å². The van der Waals surface area contributed by atoms with Crippen LogP contribution in [0.15, 0.2) is 0 Å². The molecular weight excluding hydrogens is 214 g/mol. The number of likely N-dealkylation sites (tertiary alicyclic amines) is 1. The Morgan fingerprint density at radius 2 is 1.82 bits per heavy atom. The van der Waals surface area contributed by atoms with E-state index in [9.17, 15) is 4.79 Å². The van der Waals surface area contributed by atoms with Crippen LogP contribution in [0.4, 0.5) is 0 Å². The molecule has 0 aromatic rings. The van der Waals surface area contributed by atoms with Crippen LogP contribution in [-0.2, 0) is 4.79 Å². The number of rotatable bonds is 4. The maximum Gasteiger partial charge on any atom is 0.239 e. The molecule has 0 aromatic carbocycles. The van der Waals surface area contributed by atoms with E-state index in [-0.39, 0.29) is 11.9 Å². The molecule has 0 aliphatic carbocycles. The first-order valence-corrected chi connectivity index (χ1v) is 6.65. The highest BCUT2D eigenvalue weighted by atomic mass is 16.2. The number of nitrogens with zero attached hydrogens (tertiary/aromatic N) is 2. The Bertz CT molecular complexity index is 247. The van der Waals surface area contributed by atoms with E-state index < -0.39 is 0 Å². The molecule has 4 nitrogen and oxygen atoms in total. The topological polar surface area (TPSA) is 35.6 Å². The summed E-state index contributed by atoms with van der Waals surface area (Å²) in [7, 11) is 3.77. The van der Waals surface area contributed by atoms with Crippen LogP contribution in [0, 0.1) is 0 Å². The summed E-state index contributed by atoms with van der Waals surface area (Å²) in [6.45, 7) is 8.60. The zero-order valence-corrected chi connectivity index (χ0v) is 11.9. The van der Waals surface area contributed by atoms with E-state index in [1.807, 2.05) is 25.9 Å². The summed E-state index contributed by atoms with van der Waals surface area (Å²) in [6.07, 6.45) is 2.19. The SMILES string of the molecule is CNC(C)C(=O)N(C)C1CCN(C(C)C)CC1. The van der Waals surface area contributed by atoms with Crippen molar-refractivity contribution in [1.82, 2.24) is 15.1 Å². The van der Waals surface area contributed by atoms with E-state index in [1.54, 1.807) is 0 Å². The van der Waals surface area contributed by atoms with Crippen LogP contribution in [0.2, 0.25) is 0 Å². The molecule has 1 rings (SSSR count). The lowest BCUT2D eigenvalue weighted by Gasteiger charge is -2.39. The monoisotopic (exact) mass is 241 g/mol. The van der Waals surface area contributed by atoms with E-state index in [0.717, 1.165) is 25.9 Å². The maximum atomic E-state index is 12.0. The normalized spacial score (nSPS) is 20.6. The van der Waals surface area contributed by atoms with Gasteiger partial charge in [-0.1, -0.05) is 0 Å². The fraction of sp³-hybridized carbons (Fsp3) is 0.923. The van der Waals surface area contributed by atoms with Crippen LogP contribution in [0.5, 0.6) is 0 Å². The van der Waals surface area contributed by atoms with Crippen molar-refractivity contribution in [2.75, 3.05) is 27.2 Å². The smallest absolute Gasteiger partial charge is 0.239 e. The van der Waals surface area contributed by atoms with Gasteiger partial charge >= 0.3 is 0 Å². The first kappa shape index (κ1) is 14.5. The van der Waals surface area contributed by atoms with E-state index >= 15 is 0 Å². The third-order valence-electron chi connectivity index (χ3n) is 3.93. The molecule has 1 aliphatic heterocycles. The number of amides is 1. The average Bonchev–Trinajstić information content (AvgIpc) is 2.36. The summed E-state index contributed by atoms with van der Waals surface area (Å²) in [5.41, 5.74) is 0. The van der Waals surface area contributed by atoms with Crippen molar-refractivity contribution in [3.8, 4) is 0 Å². The van der Waals surface area contributed by atoms with Crippen molar-refractivity contribution in [3.63, 3.8) is 0 Å². The standard InChI is InChI=1S/C13H27N3O/c1-10(2)16-8-6-12(7-9-16)15(5)13(17)11(3)14-4/h10-12,14H,6-9H2,1-5H3. The van der Waals surface area contributed by atoms with Gasteiger partial charge in [-0.2, -0.15) is 0 Å². The largest absolute Gasteiger partial charge is 0.341 e. The molecule has 100 valence electrons. The molecule has 1 saturated heterocycles. The quantitative estimate of drug-likeness (QED) is 0.795. The molecule has 1 N–H and O–H groups in total. The molecular formula is C13H27N3O. The average molecular weight is 241 g/mol. The molecule has 1 amide bonds. The minimum Gasteiger partial charge on any atom is -0.341 e. The second-order valence-electron chi connectivity index (χ2n) is 5.32. The number of carbonyl (C=O) groups is 1. The zero-order valence-electron chi connectivity index (χ0n) is 11.9. The molecule has 0 radical (unpaired) electrons. The Kier molecular flexibility index (Phi) is 5.40. The summed E-state index contributed by atoms with van der Waals surface area (Å²) in [5, 5.41) is 3.01. The summed E-state index contributed by atoms with van der Waals surface area (Å²) in [4.78, 5) is 16.5. The molecule has 1 fully saturated rings. The van der Waals surface area contributed by atoms with Crippen LogP contribution in [0.1, 0.15) is 33.6 Å². The highest BCUT2D eigenvalue weighted by Crippen LogP contribution is 2.17. The predicted octanol–water partition coefficient (Wildman–Crippen LogP) is 0.925. The maximum absolute atomic E-state index is 12.0. The summed E-state index contributed by atoms with van der Waals surface area (Å²) in [5.74, 6) is 0.204. The van der Waals surface area contributed by atoms with Gasteiger partial charge in [0.1, 0.15) is 0 Å². The Morgan fingerprint density at radius 3 is 2.24 bits per heavy atom. The van der Waals surface area contributed by atoms with Crippen LogP contribution in [0.3, 0.4) is 0 Å². The molecule has 0 spiro atoms. The van der Waals surface area contributed by atoms with Crippen molar-refractivity contribution in [3.05, 3.63) is 0 Å². The minimum absolute atomic E-state index is 0.0804. The molecule has 0 saturated carbocycles. The van der Waals surface area contributed by atoms with Crippen LogP contribution in [-0.4, -0.2) is 61.0 Å². The Morgan fingerprint density at radius 1 is 1.29 bits per heavy atom. The minimum atomic E-state index is -0.0804. The Labute approximate surface area is 105 Å². The molecule has 0 aromatic heterocycles. The highest BCUT2D eigenvalue weighted by Gasteiger charge is 2.27. The van der Waals surface area contributed by atoms with Gasteiger partial charge in [0.2, 0.25) is 5.91 Å². The summed E-state index contributed by atoms with van der Waals surface area (Å²) in [6, 6.07) is 0.949. The fourth-order valence-electron chi connectivity index (χ4n) is 2.40. The van der Waals surface area contributed by atoms with Gasteiger partial charge in [0, 0.05) is 32.2 Å². The number of carbonyl (C=O) groups excluding carboxylic acids is 1. The first-order chi connectivity index (χ1) is 7.97. The van der Waals surface area contributed by atoms with Crippen molar-refractivity contribution in [2.45, 2.75) is 51.7 Å². The molecule has 17 heavy (non-hydrogen) atoms. The molecule has 4 heteroatoms. The molecule has 1 heterocycles. The van der Waals surface area contributed by atoms with Gasteiger partial charge in [-0.3, -0.25) is 4.79 Å². The van der Waals surface area contributed by atoms with Crippen molar-refractivity contribution in [2.24, 2.45) is 0 Å². The van der Waals surface area contributed by atoms with E-state index in [0.29, 0.717) is 12.1 Å². The lowest BCUT2D eigenvalue weighted by Crippen LogP contribution is -2.51. The van der Waals surface area contributed by atoms with Gasteiger partial charge in [0.05, 0.1) is 6.04 Å². The van der Waals surface area contributed by atoms with Crippen molar-refractivity contribution < 1.29 is 4.79 Å². The predicted molar refractivity (Wildman–Crippen MR) is 71.0 cm³/mol. The number of nitrogens with one attached hydrogen (secondary N) is 1. The van der Waals surface area contributed by atoms with Crippen molar-refractivity contribution >= 4 is 5.91 Å². The van der Waals surface area contributed by atoms with Gasteiger partial charge in [0.25, 0.3) is 0 Å². The van der Waals surface area contributed by atoms with E-state index in [1.165, 1.54) is 0 Å². The third kappa shape index (κ3) is 3.68. The second-order valence-corrected chi connectivity index (χ2v) is 5.32. The van der Waals surface area contributed by atoms with Crippen LogP contribution in [0.25, 0.3) is 0 Å². The van der Waals surface area contributed by atoms with Gasteiger partial charge in [-0.25, -0.2) is 0 Å². The van der Waals surface area contributed by atoms with E-state index in [2.05, 4.69) is 24.1 Å².